The van der Waals surface area contributed by atoms with Gasteiger partial charge in [-0.2, -0.15) is 0 Å². The van der Waals surface area contributed by atoms with Gasteiger partial charge in [0.2, 0.25) is 5.88 Å². The second-order valence-corrected chi connectivity index (χ2v) is 4.64. The van der Waals surface area contributed by atoms with E-state index in [1.807, 2.05) is 25.3 Å². The molecule has 1 aliphatic rings. The number of rotatable bonds is 3. The zero-order chi connectivity index (χ0) is 13.2. The predicted octanol–water partition coefficient (Wildman–Crippen LogP) is 1.38. The molecule has 0 saturated heterocycles. The maximum atomic E-state index is 5.05. The lowest BCUT2D eigenvalue weighted by atomic mass is 10.1. The number of fused-ring (bicyclic) bond motifs is 1. The van der Waals surface area contributed by atoms with Gasteiger partial charge in [-0.15, -0.1) is 0 Å². The van der Waals surface area contributed by atoms with E-state index < -0.39 is 0 Å². The van der Waals surface area contributed by atoms with Crippen molar-refractivity contribution in [3.8, 4) is 5.88 Å². The molecule has 0 saturated carbocycles. The molecule has 3 rings (SSSR count). The molecule has 0 fully saturated rings. The number of methoxy groups -OCH3 is 1. The zero-order valence-corrected chi connectivity index (χ0v) is 11.1. The number of ether oxygens (including phenoxy) is 1. The summed E-state index contributed by atoms with van der Waals surface area (Å²) in [6.45, 7) is 3.77. The van der Waals surface area contributed by atoms with Gasteiger partial charge in [-0.25, -0.2) is 15.0 Å². The predicted molar refractivity (Wildman–Crippen MR) is 70.9 cm³/mol. The third kappa shape index (κ3) is 2.42. The summed E-state index contributed by atoms with van der Waals surface area (Å²) in [5.41, 5.74) is 4.54. The molecule has 0 aliphatic carbocycles. The molecule has 0 aromatic carbocycles. The molecule has 2 aromatic heterocycles. The van der Waals surface area contributed by atoms with Crippen molar-refractivity contribution in [3.05, 3.63) is 46.7 Å². The molecule has 0 spiro atoms. The van der Waals surface area contributed by atoms with Crippen LogP contribution >= 0.6 is 0 Å². The number of hydrogen-bond acceptors (Lipinski definition) is 5. The van der Waals surface area contributed by atoms with Crippen molar-refractivity contribution in [1.82, 2.24) is 20.3 Å². The Bertz CT molecular complexity index is 595. The Balaban J connectivity index is 1.84. The van der Waals surface area contributed by atoms with E-state index in [4.69, 9.17) is 4.74 Å². The van der Waals surface area contributed by atoms with E-state index in [9.17, 15) is 0 Å². The maximum absolute atomic E-state index is 5.05. The van der Waals surface area contributed by atoms with E-state index in [1.165, 1.54) is 5.56 Å². The van der Waals surface area contributed by atoms with Gasteiger partial charge in [0.15, 0.2) is 0 Å². The number of pyridine rings is 1. The van der Waals surface area contributed by atoms with Gasteiger partial charge in [-0.3, -0.25) is 0 Å². The quantitative estimate of drug-likeness (QED) is 0.899. The van der Waals surface area contributed by atoms with Crippen LogP contribution in [0.3, 0.4) is 0 Å². The third-order valence-corrected chi connectivity index (χ3v) is 3.31. The molecule has 3 heterocycles. The number of hydrogen-bond donors (Lipinski definition) is 1. The molecule has 0 radical (unpaired) electrons. The molecule has 5 nitrogen and oxygen atoms in total. The first-order valence-electron chi connectivity index (χ1n) is 6.31. The summed E-state index contributed by atoms with van der Waals surface area (Å²) >= 11 is 0. The van der Waals surface area contributed by atoms with Crippen LogP contribution in [0.4, 0.5) is 0 Å². The molecule has 0 bridgehead atoms. The highest BCUT2D eigenvalue weighted by Crippen LogP contribution is 2.17. The van der Waals surface area contributed by atoms with Crippen LogP contribution in [0, 0.1) is 6.92 Å². The van der Waals surface area contributed by atoms with Gasteiger partial charge >= 0.3 is 0 Å². The van der Waals surface area contributed by atoms with Gasteiger partial charge in [0.25, 0.3) is 0 Å². The minimum absolute atomic E-state index is 0.624. The van der Waals surface area contributed by atoms with Crippen molar-refractivity contribution in [2.75, 3.05) is 7.11 Å². The standard InChI is InChI=1S/C14H16N4O/c1-9-11-7-15-8-12(11)18-13(17-9)5-10-3-4-14(19-2)16-6-10/h3-4,6,15H,5,7-8H2,1-2H3. The number of aromatic nitrogens is 3. The van der Waals surface area contributed by atoms with Gasteiger partial charge in [-0.1, -0.05) is 6.07 Å². The van der Waals surface area contributed by atoms with E-state index >= 15 is 0 Å². The fraction of sp³-hybridized carbons (Fsp3) is 0.357. The summed E-state index contributed by atoms with van der Waals surface area (Å²) in [5, 5.41) is 3.30. The Hall–Kier alpha value is -2.01. The lowest BCUT2D eigenvalue weighted by molar-refractivity contribution is 0.397. The van der Waals surface area contributed by atoms with Crippen LogP contribution in [0.25, 0.3) is 0 Å². The average Bonchev–Trinajstić information content (AvgIpc) is 2.88. The normalized spacial score (nSPS) is 13.4. The molecule has 2 aromatic rings. The minimum Gasteiger partial charge on any atom is -0.481 e. The van der Waals surface area contributed by atoms with Crippen LogP contribution in [0.5, 0.6) is 5.88 Å². The van der Waals surface area contributed by atoms with Crippen molar-refractivity contribution in [2.24, 2.45) is 0 Å². The van der Waals surface area contributed by atoms with Crippen LogP contribution in [-0.2, 0) is 19.5 Å². The summed E-state index contributed by atoms with van der Waals surface area (Å²) in [6, 6.07) is 3.85. The topological polar surface area (TPSA) is 59.9 Å². The van der Waals surface area contributed by atoms with E-state index in [1.54, 1.807) is 7.11 Å². The Morgan fingerprint density at radius 3 is 2.89 bits per heavy atom. The van der Waals surface area contributed by atoms with E-state index in [-0.39, 0.29) is 0 Å². The van der Waals surface area contributed by atoms with Crippen LogP contribution < -0.4 is 10.1 Å². The van der Waals surface area contributed by atoms with Gasteiger partial charge in [0.1, 0.15) is 5.82 Å². The lowest BCUT2D eigenvalue weighted by Crippen LogP contribution is -2.04. The smallest absolute Gasteiger partial charge is 0.212 e. The van der Waals surface area contributed by atoms with Crippen molar-refractivity contribution in [3.63, 3.8) is 0 Å². The Kier molecular flexibility index (Phi) is 3.13. The molecular weight excluding hydrogens is 240 g/mol. The van der Waals surface area contributed by atoms with Crippen molar-refractivity contribution < 1.29 is 4.74 Å². The third-order valence-electron chi connectivity index (χ3n) is 3.31. The van der Waals surface area contributed by atoms with Crippen molar-refractivity contribution in [1.29, 1.82) is 0 Å². The summed E-state index contributed by atoms with van der Waals surface area (Å²) in [5.74, 6) is 1.48. The van der Waals surface area contributed by atoms with Crippen molar-refractivity contribution >= 4 is 0 Å². The Morgan fingerprint density at radius 2 is 2.16 bits per heavy atom. The summed E-state index contributed by atoms with van der Waals surface area (Å²) < 4.78 is 5.05. The van der Waals surface area contributed by atoms with E-state index in [0.29, 0.717) is 12.3 Å². The fourth-order valence-corrected chi connectivity index (χ4v) is 2.30. The van der Waals surface area contributed by atoms with Crippen LogP contribution in [0.15, 0.2) is 18.3 Å². The van der Waals surface area contributed by atoms with Gasteiger partial charge in [0, 0.05) is 43.0 Å². The van der Waals surface area contributed by atoms with E-state index in [0.717, 1.165) is 35.9 Å². The first-order valence-corrected chi connectivity index (χ1v) is 6.31. The van der Waals surface area contributed by atoms with Gasteiger partial charge in [-0.05, 0) is 12.5 Å². The molecule has 0 amide bonds. The molecular formula is C14H16N4O. The fourth-order valence-electron chi connectivity index (χ4n) is 2.30. The van der Waals surface area contributed by atoms with Crippen LogP contribution in [0.2, 0.25) is 0 Å². The largest absolute Gasteiger partial charge is 0.481 e. The SMILES string of the molecule is COc1ccc(Cc2nc(C)c3c(n2)CNC3)cn1. The summed E-state index contributed by atoms with van der Waals surface area (Å²) in [4.78, 5) is 13.4. The van der Waals surface area contributed by atoms with Crippen molar-refractivity contribution in [2.45, 2.75) is 26.4 Å². The Labute approximate surface area is 112 Å². The molecule has 98 valence electrons. The second-order valence-electron chi connectivity index (χ2n) is 4.64. The molecule has 0 unspecified atom stereocenters. The molecule has 5 heteroatoms. The molecule has 1 aliphatic heterocycles. The number of nitrogens with zero attached hydrogens (tertiary/aromatic N) is 3. The summed E-state index contributed by atoms with van der Waals surface area (Å²) in [6.07, 6.45) is 2.51. The van der Waals surface area contributed by atoms with Crippen LogP contribution in [-0.4, -0.2) is 22.1 Å². The second kappa shape index (κ2) is 4.93. The first kappa shape index (κ1) is 12.0. The molecule has 0 atom stereocenters. The van der Waals surface area contributed by atoms with Crippen LogP contribution in [0.1, 0.15) is 28.3 Å². The van der Waals surface area contributed by atoms with E-state index in [2.05, 4.69) is 20.3 Å². The summed E-state index contributed by atoms with van der Waals surface area (Å²) in [7, 11) is 1.61. The Morgan fingerprint density at radius 1 is 1.26 bits per heavy atom. The number of aryl methyl sites for hydroxylation is 1. The highest BCUT2D eigenvalue weighted by molar-refractivity contribution is 5.29. The minimum atomic E-state index is 0.624. The molecule has 19 heavy (non-hydrogen) atoms. The average molecular weight is 256 g/mol. The maximum Gasteiger partial charge on any atom is 0.212 e. The lowest BCUT2D eigenvalue weighted by Gasteiger charge is -2.06. The highest BCUT2D eigenvalue weighted by atomic mass is 16.5. The zero-order valence-electron chi connectivity index (χ0n) is 11.1. The first-order chi connectivity index (χ1) is 9.26. The number of nitrogens with one attached hydrogen (secondary N) is 1. The monoisotopic (exact) mass is 256 g/mol. The van der Waals surface area contributed by atoms with Gasteiger partial charge < -0.3 is 10.1 Å². The van der Waals surface area contributed by atoms with Gasteiger partial charge in [0.05, 0.1) is 12.8 Å². The molecule has 1 N–H and O–H groups in total. The highest BCUT2D eigenvalue weighted by Gasteiger charge is 2.16.